The minimum Gasteiger partial charge on any atom is -0.342 e. The number of amides is 2. The van der Waals surface area contributed by atoms with Crippen LogP contribution < -0.4 is 0 Å². The Morgan fingerprint density at radius 3 is 1.14 bits per heavy atom. The molecule has 0 atom stereocenters. The molecule has 0 saturated heterocycles. The molecule has 2 heterocycles. The fourth-order valence-corrected chi connectivity index (χ4v) is 9.37. The number of rotatable bonds is 14. The maximum atomic E-state index is 12.9. The van der Waals surface area contributed by atoms with Gasteiger partial charge in [-0.2, -0.15) is 0 Å². The SMILES string of the molecule is CC(C)CN(CC(C)C)C(=O)CC1CCC(c2ccnc3ccccc23)CC1.CC(C)CN(CC(C)C)C(=O)CC1CCC(c2ccnc3ccccc23)CC1. The van der Waals surface area contributed by atoms with Crippen LogP contribution in [0.5, 0.6) is 0 Å². The highest BCUT2D eigenvalue weighted by Gasteiger charge is 2.29. The van der Waals surface area contributed by atoms with Crippen molar-refractivity contribution in [3.05, 3.63) is 84.2 Å². The first-order valence-corrected chi connectivity index (χ1v) is 22.1. The van der Waals surface area contributed by atoms with Crippen molar-refractivity contribution in [2.75, 3.05) is 26.2 Å². The van der Waals surface area contributed by atoms with E-state index in [9.17, 15) is 9.59 Å². The zero-order valence-corrected chi connectivity index (χ0v) is 36.1. The van der Waals surface area contributed by atoms with E-state index in [4.69, 9.17) is 0 Å². The molecule has 0 bridgehead atoms. The van der Waals surface area contributed by atoms with Crippen LogP contribution >= 0.6 is 0 Å². The smallest absolute Gasteiger partial charge is 0.222 e. The first-order valence-electron chi connectivity index (χ1n) is 22.1. The number of hydrogen-bond donors (Lipinski definition) is 0. The van der Waals surface area contributed by atoms with E-state index < -0.39 is 0 Å². The van der Waals surface area contributed by atoms with Crippen molar-refractivity contribution in [2.24, 2.45) is 35.5 Å². The third-order valence-electron chi connectivity index (χ3n) is 11.9. The van der Waals surface area contributed by atoms with Gasteiger partial charge in [0.1, 0.15) is 0 Å². The molecule has 0 radical (unpaired) electrons. The summed E-state index contributed by atoms with van der Waals surface area (Å²) in [7, 11) is 0. The summed E-state index contributed by atoms with van der Waals surface area (Å²) >= 11 is 0. The molecule has 2 saturated carbocycles. The minimum absolute atomic E-state index is 0.361. The maximum absolute atomic E-state index is 12.9. The fourth-order valence-electron chi connectivity index (χ4n) is 9.37. The van der Waals surface area contributed by atoms with E-state index in [1.54, 1.807) is 0 Å². The molecule has 6 nitrogen and oxygen atoms in total. The molecule has 2 fully saturated rings. The Kier molecular flexibility index (Phi) is 16.3. The molecular formula is C50H72N4O2. The molecule has 0 aliphatic heterocycles. The summed E-state index contributed by atoms with van der Waals surface area (Å²) in [6.07, 6.45) is 14.7. The highest BCUT2D eigenvalue weighted by atomic mass is 16.2. The van der Waals surface area contributed by atoms with E-state index in [2.05, 4.69) is 136 Å². The van der Waals surface area contributed by atoms with Gasteiger partial charge >= 0.3 is 0 Å². The summed E-state index contributed by atoms with van der Waals surface area (Å²) < 4.78 is 0. The van der Waals surface area contributed by atoms with Crippen LogP contribution in [0, 0.1) is 35.5 Å². The summed E-state index contributed by atoms with van der Waals surface area (Å²) in [5, 5.41) is 2.59. The van der Waals surface area contributed by atoms with Gasteiger partial charge < -0.3 is 9.80 Å². The van der Waals surface area contributed by atoms with Gasteiger partial charge in [0, 0.05) is 62.2 Å². The Hall–Kier alpha value is -3.80. The van der Waals surface area contributed by atoms with Crippen LogP contribution in [-0.2, 0) is 9.59 Å². The summed E-state index contributed by atoms with van der Waals surface area (Å²) in [5.41, 5.74) is 5.07. The van der Waals surface area contributed by atoms with Crippen LogP contribution in [0.15, 0.2) is 73.1 Å². The number of aromatic nitrogens is 2. The zero-order valence-electron chi connectivity index (χ0n) is 36.1. The molecule has 2 aliphatic rings. The van der Waals surface area contributed by atoms with E-state index in [1.807, 2.05) is 12.4 Å². The van der Waals surface area contributed by atoms with Gasteiger partial charge in [0.15, 0.2) is 0 Å². The van der Waals surface area contributed by atoms with Crippen LogP contribution in [0.1, 0.15) is 143 Å². The third-order valence-corrected chi connectivity index (χ3v) is 11.9. The molecule has 0 N–H and O–H groups in total. The fraction of sp³-hybridized carbons (Fsp3) is 0.600. The second-order valence-corrected chi connectivity index (χ2v) is 18.9. The van der Waals surface area contributed by atoms with Crippen LogP contribution in [0.2, 0.25) is 0 Å². The predicted octanol–water partition coefficient (Wildman–Crippen LogP) is 12.1. The molecule has 6 rings (SSSR count). The van der Waals surface area contributed by atoms with Crippen molar-refractivity contribution in [2.45, 2.75) is 131 Å². The van der Waals surface area contributed by atoms with Crippen molar-refractivity contribution in [1.82, 2.24) is 19.8 Å². The lowest BCUT2D eigenvalue weighted by molar-refractivity contribution is -0.134. The largest absolute Gasteiger partial charge is 0.342 e. The Morgan fingerprint density at radius 2 is 0.821 bits per heavy atom. The van der Waals surface area contributed by atoms with Gasteiger partial charge in [-0.25, -0.2) is 0 Å². The molecule has 2 aromatic carbocycles. The average molecular weight is 761 g/mol. The van der Waals surface area contributed by atoms with E-state index >= 15 is 0 Å². The molecule has 0 unspecified atom stereocenters. The third kappa shape index (κ3) is 12.6. The van der Waals surface area contributed by atoms with Crippen molar-refractivity contribution in [3.63, 3.8) is 0 Å². The van der Waals surface area contributed by atoms with Crippen LogP contribution in [0.25, 0.3) is 21.8 Å². The summed E-state index contributed by atoms with van der Waals surface area (Å²) in [6.45, 7) is 21.1. The van der Waals surface area contributed by atoms with Crippen molar-refractivity contribution < 1.29 is 9.59 Å². The molecule has 2 aromatic heterocycles. The second kappa shape index (κ2) is 21.1. The number of carbonyl (C=O) groups excluding carboxylic acids is 2. The highest BCUT2D eigenvalue weighted by Crippen LogP contribution is 2.41. The number of para-hydroxylation sites is 2. The first kappa shape index (κ1) is 43.3. The average Bonchev–Trinajstić information content (AvgIpc) is 3.17. The normalized spacial score (nSPS) is 20.1. The van der Waals surface area contributed by atoms with Gasteiger partial charge in [0.05, 0.1) is 11.0 Å². The van der Waals surface area contributed by atoms with Crippen molar-refractivity contribution in [3.8, 4) is 0 Å². The Bertz CT molecular complexity index is 1650. The number of fused-ring (bicyclic) bond motifs is 2. The standard InChI is InChI=1S/2C25H36N2O/c2*1-18(2)16-27(17-19(3)4)25(28)15-20-9-11-21(12-10-20)22-13-14-26-24-8-6-5-7-23(22)24/h2*5-8,13-14,18-21H,9-12,15-17H2,1-4H3. The number of hydrogen-bond acceptors (Lipinski definition) is 4. The maximum Gasteiger partial charge on any atom is 0.222 e. The van der Waals surface area contributed by atoms with E-state index in [0.717, 1.165) is 75.7 Å². The van der Waals surface area contributed by atoms with E-state index in [1.165, 1.54) is 47.6 Å². The molecule has 2 amide bonds. The summed E-state index contributed by atoms with van der Waals surface area (Å²) in [6, 6.07) is 21.3. The Labute approximate surface area is 339 Å². The minimum atomic E-state index is 0.361. The number of pyridine rings is 2. The molecule has 0 spiro atoms. The molecule has 56 heavy (non-hydrogen) atoms. The molecule has 2 aliphatic carbocycles. The van der Waals surface area contributed by atoms with Crippen LogP contribution in [-0.4, -0.2) is 57.8 Å². The summed E-state index contributed by atoms with van der Waals surface area (Å²) in [5.74, 6) is 5.11. The van der Waals surface area contributed by atoms with E-state index in [-0.39, 0.29) is 0 Å². The topological polar surface area (TPSA) is 66.4 Å². The van der Waals surface area contributed by atoms with Gasteiger partial charge in [0.25, 0.3) is 0 Å². The first-order chi connectivity index (χ1) is 26.9. The van der Waals surface area contributed by atoms with Gasteiger partial charge in [-0.15, -0.1) is 0 Å². The van der Waals surface area contributed by atoms with Gasteiger partial charge in [-0.1, -0.05) is 91.8 Å². The van der Waals surface area contributed by atoms with Gasteiger partial charge in [0.2, 0.25) is 11.8 Å². The molecule has 304 valence electrons. The lowest BCUT2D eigenvalue weighted by atomic mass is 9.76. The molecule has 4 aromatic rings. The quantitative estimate of drug-likeness (QED) is 0.128. The van der Waals surface area contributed by atoms with Crippen LogP contribution in [0.3, 0.4) is 0 Å². The van der Waals surface area contributed by atoms with Crippen molar-refractivity contribution in [1.29, 1.82) is 0 Å². The van der Waals surface area contributed by atoms with E-state index in [0.29, 0.717) is 59.2 Å². The lowest BCUT2D eigenvalue weighted by Crippen LogP contribution is -2.38. The number of carbonyl (C=O) groups is 2. The number of nitrogens with zero attached hydrogens (tertiary/aromatic N) is 4. The molecule has 6 heteroatoms. The Balaban J connectivity index is 0.000000214. The Morgan fingerprint density at radius 1 is 0.500 bits per heavy atom. The van der Waals surface area contributed by atoms with Crippen LogP contribution in [0.4, 0.5) is 0 Å². The predicted molar refractivity (Wildman–Crippen MR) is 235 cm³/mol. The second-order valence-electron chi connectivity index (χ2n) is 18.9. The lowest BCUT2D eigenvalue weighted by Gasteiger charge is -2.32. The van der Waals surface area contributed by atoms with Gasteiger partial charge in [-0.3, -0.25) is 19.6 Å². The molecular weight excluding hydrogens is 689 g/mol. The number of benzene rings is 2. The highest BCUT2D eigenvalue weighted by molar-refractivity contribution is 5.83. The van der Waals surface area contributed by atoms with Gasteiger partial charge in [-0.05, 0) is 134 Å². The summed E-state index contributed by atoms with van der Waals surface area (Å²) in [4.78, 5) is 39.1. The zero-order chi connectivity index (χ0) is 40.2. The monoisotopic (exact) mass is 761 g/mol. The van der Waals surface area contributed by atoms with Crippen molar-refractivity contribution >= 4 is 33.6 Å².